The van der Waals surface area contributed by atoms with Crippen molar-refractivity contribution in [3.05, 3.63) is 35.9 Å². The van der Waals surface area contributed by atoms with Gasteiger partial charge in [-0.15, -0.1) is 0 Å². The van der Waals surface area contributed by atoms with Gasteiger partial charge in [-0.1, -0.05) is 30.3 Å². The quantitative estimate of drug-likeness (QED) is 0.822. The summed E-state index contributed by atoms with van der Waals surface area (Å²) in [6.45, 7) is 2.11. The Hall–Kier alpha value is -0.900. The predicted molar refractivity (Wildman–Crippen MR) is 61.0 cm³/mol. The molecule has 3 nitrogen and oxygen atoms in total. The van der Waals surface area contributed by atoms with Gasteiger partial charge in [-0.25, -0.2) is 0 Å². The first kappa shape index (κ1) is 11.6. The molecule has 1 saturated heterocycles. The van der Waals surface area contributed by atoms with Gasteiger partial charge in [-0.05, 0) is 12.0 Å². The highest BCUT2D eigenvalue weighted by Crippen LogP contribution is 2.20. The van der Waals surface area contributed by atoms with Crippen LogP contribution in [0.25, 0.3) is 0 Å². The first-order chi connectivity index (χ1) is 7.90. The van der Waals surface area contributed by atoms with Crippen LogP contribution in [-0.2, 0) is 16.1 Å². The first-order valence-corrected chi connectivity index (χ1v) is 5.74. The maximum atomic E-state index is 9.12. The Bertz CT molecular complexity index is 299. The topological polar surface area (TPSA) is 38.7 Å². The lowest BCUT2D eigenvalue weighted by Gasteiger charge is -2.16. The molecule has 0 amide bonds. The second-order valence-electron chi connectivity index (χ2n) is 4.14. The minimum absolute atomic E-state index is 0.0636. The minimum Gasteiger partial charge on any atom is -0.396 e. The van der Waals surface area contributed by atoms with Gasteiger partial charge in [0.1, 0.15) is 0 Å². The molecule has 1 aliphatic heterocycles. The van der Waals surface area contributed by atoms with Crippen LogP contribution in [-0.4, -0.2) is 31.0 Å². The lowest BCUT2D eigenvalue weighted by Crippen LogP contribution is -2.24. The van der Waals surface area contributed by atoms with Crippen molar-refractivity contribution < 1.29 is 14.6 Å². The van der Waals surface area contributed by atoms with E-state index in [2.05, 4.69) is 0 Å². The van der Waals surface area contributed by atoms with Crippen molar-refractivity contribution >= 4 is 0 Å². The average molecular weight is 222 g/mol. The van der Waals surface area contributed by atoms with E-state index in [1.54, 1.807) is 0 Å². The van der Waals surface area contributed by atoms with Gasteiger partial charge in [0.2, 0.25) is 0 Å². The third-order valence-corrected chi connectivity index (χ3v) is 2.97. The summed E-state index contributed by atoms with van der Waals surface area (Å²) in [6.07, 6.45) is 1.00. The maximum absolute atomic E-state index is 9.12. The number of ether oxygens (including phenoxy) is 2. The van der Waals surface area contributed by atoms with Gasteiger partial charge in [-0.3, -0.25) is 0 Å². The van der Waals surface area contributed by atoms with Gasteiger partial charge in [0.15, 0.2) is 0 Å². The monoisotopic (exact) mass is 222 g/mol. The van der Waals surface area contributed by atoms with E-state index in [0.29, 0.717) is 13.2 Å². The van der Waals surface area contributed by atoms with Crippen molar-refractivity contribution in [2.45, 2.75) is 19.1 Å². The average Bonchev–Trinajstić information content (AvgIpc) is 2.78. The Balaban J connectivity index is 1.72. The molecule has 88 valence electrons. The van der Waals surface area contributed by atoms with Crippen LogP contribution in [0.2, 0.25) is 0 Å². The fourth-order valence-corrected chi connectivity index (χ4v) is 1.95. The molecule has 1 aromatic rings. The van der Waals surface area contributed by atoms with Crippen LogP contribution in [0.4, 0.5) is 0 Å². The number of hydrogen-bond acceptors (Lipinski definition) is 3. The lowest BCUT2D eigenvalue weighted by atomic mass is 10.0. The number of hydrogen-bond donors (Lipinski definition) is 1. The highest BCUT2D eigenvalue weighted by molar-refractivity contribution is 5.13. The van der Waals surface area contributed by atoms with E-state index in [-0.39, 0.29) is 18.6 Å². The van der Waals surface area contributed by atoms with Gasteiger partial charge in [-0.2, -0.15) is 0 Å². The summed E-state index contributed by atoms with van der Waals surface area (Å²) in [7, 11) is 0. The molecule has 0 bridgehead atoms. The summed E-state index contributed by atoms with van der Waals surface area (Å²) >= 11 is 0. The molecule has 0 spiro atoms. The molecule has 1 N–H and O–H groups in total. The van der Waals surface area contributed by atoms with Crippen molar-refractivity contribution in [1.29, 1.82) is 0 Å². The zero-order chi connectivity index (χ0) is 11.2. The van der Waals surface area contributed by atoms with Gasteiger partial charge < -0.3 is 14.6 Å². The molecule has 1 fully saturated rings. The summed E-state index contributed by atoms with van der Waals surface area (Å²) < 4.78 is 11.1. The van der Waals surface area contributed by atoms with Gasteiger partial charge in [0.05, 0.1) is 19.3 Å². The van der Waals surface area contributed by atoms with Crippen LogP contribution in [0.3, 0.4) is 0 Å². The predicted octanol–water partition coefficient (Wildman–Crippen LogP) is 1.60. The molecule has 1 heterocycles. The summed E-state index contributed by atoms with van der Waals surface area (Å²) in [5.74, 6) is 0.246. The zero-order valence-electron chi connectivity index (χ0n) is 9.34. The number of aliphatic hydroxyl groups excluding tert-OH is 1. The SMILES string of the molecule is OC[C@@H]1CCO[C@H]1COCc1ccccc1. The summed E-state index contributed by atoms with van der Waals surface area (Å²) in [4.78, 5) is 0. The Morgan fingerprint density at radius 2 is 2.12 bits per heavy atom. The molecular weight excluding hydrogens is 204 g/mol. The Morgan fingerprint density at radius 1 is 1.31 bits per heavy atom. The van der Waals surface area contributed by atoms with E-state index in [0.717, 1.165) is 13.0 Å². The fourth-order valence-electron chi connectivity index (χ4n) is 1.95. The molecule has 1 aromatic carbocycles. The molecule has 1 aliphatic rings. The van der Waals surface area contributed by atoms with E-state index < -0.39 is 0 Å². The van der Waals surface area contributed by atoms with E-state index >= 15 is 0 Å². The van der Waals surface area contributed by atoms with Crippen LogP contribution in [0.1, 0.15) is 12.0 Å². The van der Waals surface area contributed by atoms with Crippen molar-refractivity contribution in [2.75, 3.05) is 19.8 Å². The molecule has 0 radical (unpaired) electrons. The molecule has 0 saturated carbocycles. The molecule has 2 rings (SSSR count). The van der Waals surface area contributed by atoms with Crippen LogP contribution in [0, 0.1) is 5.92 Å². The Labute approximate surface area is 96.0 Å². The van der Waals surface area contributed by atoms with Crippen molar-refractivity contribution in [1.82, 2.24) is 0 Å². The maximum Gasteiger partial charge on any atom is 0.0859 e. The Kier molecular flexibility index (Phi) is 4.34. The van der Waals surface area contributed by atoms with Crippen LogP contribution in [0.15, 0.2) is 30.3 Å². The standard InChI is InChI=1S/C13H18O3/c14-8-12-6-7-16-13(12)10-15-9-11-4-2-1-3-5-11/h1-5,12-14H,6-10H2/t12-,13-/m0/s1. The highest BCUT2D eigenvalue weighted by atomic mass is 16.5. The van der Waals surface area contributed by atoms with Gasteiger partial charge in [0.25, 0.3) is 0 Å². The lowest BCUT2D eigenvalue weighted by molar-refractivity contribution is -0.0125. The largest absolute Gasteiger partial charge is 0.396 e. The normalized spacial score (nSPS) is 24.8. The molecule has 0 aromatic heterocycles. The Morgan fingerprint density at radius 3 is 2.88 bits per heavy atom. The van der Waals surface area contributed by atoms with Crippen molar-refractivity contribution in [3.8, 4) is 0 Å². The fraction of sp³-hybridized carbons (Fsp3) is 0.538. The molecule has 3 heteroatoms. The second-order valence-corrected chi connectivity index (χ2v) is 4.14. The molecule has 0 aliphatic carbocycles. The summed E-state index contributed by atoms with van der Waals surface area (Å²) in [5, 5.41) is 9.12. The summed E-state index contributed by atoms with van der Waals surface area (Å²) in [6, 6.07) is 10.1. The van der Waals surface area contributed by atoms with E-state index in [9.17, 15) is 0 Å². The number of aliphatic hydroxyl groups is 1. The smallest absolute Gasteiger partial charge is 0.0859 e. The van der Waals surface area contributed by atoms with Gasteiger partial charge >= 0.3 is 0 Å². The van der Waals surface area contributed by atoms with E-state index in [1.165, 1.54) is 5.56 Å². The number of benzene rings is 1. The van der Waals surface area contributed by atoms with Crippen molar-refractivity contribution in [3.63, 3.8) is 0 Å². The van der Waals surface area contributed by atoms with E-state index in [1.807, 2.05) is 30.3 Å². The van der Waals surface area contributed by atoms with E-state index in [4.69, 9.17) is 14.6 Å². The summed E-state index contributed by atoms with van der Waals surface area (Å²) in [5.41, 5.74) is 1.17. The second kappa shape index (κ2) is 5.99. The first-order valence-electron chi connectivity index (χ1n) is 5.74. The number of rotatable bonds is 5. The van der Waals surface area contributed by atoms with Crippen molar-refractivity contribution in [2.24, 2.45) is 5.92 Å². The van der Waals surface area contributed by atoms with Gasteiger partial charge in [0, 0.05) is 19.1 Å². The van der Waals surface area contributed by atoms with Crippen LogP contribution >= 0.6 is 0 Å². The molecule has 16 heavy (non-hydrogen) atoms. The third kappa shape index (κ3) is 3.04. The van der Waals surface area contributed by atoms with Crippen LogP contribution < -0.4 is 0 Å². The zero-order valence-corrected chi connectivity index (χ0v) is 9.34. The molecule has 2 atom stereocenters. The highest BCUT2D eigenvalue weighted by Gasteiger charge is 2.27. The molecule has 0 unspecified atom stereocenters. The molecular formula is C13H18O3. The van der Waals surface area contributed by atoms with Crippen LogP contribution in [0.5, 0.6) is 0 Å². The third-order valence-electron chi connectivity index (χ3n) is 2.97. The minimum atomic E-state index is 0.0636.